The molecule has 4 nitrogen and oxygen atoms in total. The van der Waals surface area contributed by atoms with Gasteiger partial charge >= 0.3 is 0 Å². The highest BCUT2D eigenvalue weighted by Gasteiger charge is 2.31. The maximum atomic E-state index is 5.82. The Balaban J connectivity index is 1.79. The topological polar surface area (TPSA) is 45.4 Å². The normalized spacial score (nSPS) is 26.1. The number of nitrogen functional groups attached to an aromatic ring is 1. The van der Waals surface area contributed by atoms with Gasteiger partial charge in [-0.1, -0.05) is 0 Å². The van der Waals surface area contributed by atoms with Crippen LogP contribution in [0.15, 0.2) is 0 Å². The van der Waals surface area contributed by atoms with Gasteiger partial charge in [0.2, 0.25) is 0 Å². The van der Waals surface area contributed by atoms with Crippen LogP contribution in [0.5, 0.6) is 0 Å². The van der Waals surface area contributed by atoms with Crippen LogP contribution < -0.4 is 10.6 Å². The van der Waals surface area contributed by atoms with Crippen LogP contribution in [0.1, 0.15) is 18.4 Å². The van der Waals surface area contributed by atoms with Crippen molar-refractivity contribution in [2.24, 2.45) is 0 Å². The molecule has 0 aromatic carbocycles. The molecule has 1 unspecified atom stereocenters. The predicted molar refractivity (Wildman–Crippen MR) is 68.1 cm³/mol. The molecule has 0 aliphatic carbocycles. The first-order valence-corrected chi connectivity index (χ1v) is 6.74. The van der Waals surface area contributed by atoms with E-state index in [9.17, 15) is 0 Å². The molecule has 2 aliphatic rings. The highest BCUT2D eigenvalue weighted by atomic mass is 32.1. The molecule has 0 bridgehead atoms. The molecule has 0 spiro atoms. The molecule has 2 saturated heterocycles. The second-order valence-electron chi connectivity index (χ2n) is 4.78. The van der Waals surface area contributed by atoms with Gasteiger partial charge in [-0.15, -0.1) is 0 Å². The Morgan fingerprint density at radius 1 is 1.38 bits per heavy atom. The first-order valence-electron chi connectivity index (χ1n) is 5.96. The van der Waals surface area contributed by atoms with Crippen molar-refractivity contribution in [2.45, 2.75) is 25.8 Å². The van der Waals surface area contributed by atoms with E-state index in [-0.39, 0.29) is 0 Å². The minimum absolute atomic E-state index is 0.703. The lowest BCUT2D eigenvalue weighted by Gasteiger charge is -2.38. The summed E-state index contributed by atoms with van der Waals surface area (Å²) in [5.41, 5.74) is 6.98. The van der Waals surface area contributed by atoms with Crippen LogP contribution in [0.25, 0.3) is 0 Å². The Labute approximate surface area is 100 Å². The van der Waals surface area contributed by atoms with Gasteiger partial charge in [0.05, 0.1) is 0 Å². The third-order valence-corrected chi connectivity index (χ3v) is 4.84. The largest absolute Gasteiger partial charge is 0.383 e. The summed E-state index contributed by atoms with van der Waals surface area (Å²) in [6.45, 7) is 6.85. The van der Waals surface area contributed by atoms with E-state index >= 15 is 0 Å². The van der Waals surface area contributed by atoms with Gasteiger partial charge in [0.15, 0.2) is 0 Å². The molecule has 0 amide bonds. The Kier molecular flexibility index (Phi) is 2.52. The predicted octanol–water partition coefficient (Wildman–Crippen LogP) is 1.32. The highest BCUT2D eigenvalue weighted by molar-refractivity contribution is 7.10. The Bertz CT molecular complexity index is 389. The van der Waals surface area contributed by atoms with E-state index in [0.29, 0.717) is 5.82 Å². The molecule has 88 valence electrons. The van der Waals surface area contributed by atoms with E-state index in [1.807, 2.05) is 0 Å². The number of anilines is 2. The molecule has 0 radical (unpaired) electrons. The molecule has 2 fully saturated rings. The molecule has 3 heterocycles. The van der Waals surface area contributed by atoms with Gasteiger partial charge in [0.1, 0.15) is 10.8 Å². The summed E-state index contributed by atoms with van der Waals surface area (Å²) in [6, 6.07) is 0.761. The summed E-state index contributed by atoms with van der Waals surface area (Å²) in [6.07, 6.45) is 2.71. The van der Waals surface area contributed by atoms with E-state index in [1.165, 1.54) is 30.9 Å². The lowest BCUT2D eigenvalue weighted by Crippen LogP contribution is -2.50. The number of hydrogen-bond acceptors (Lipinski definition) is 5. The van der Waals surface area contributed by atoms with E-state index in [1.54, 1.807) is 11.5 Å². The van der Waals surface area contributed by atoms with Crippen LogP contribution in [0.3, 0.4) is 0 Å². The van der Waals surface area contributed by atoms with Crippen LogP contribution in [0.2, 0.25) is 0 Å². The Morgan fingerprint density at radius 3 is 3.00 bits per heavy atom. The van der Waals surface area contributed by atoms with Crippen molar-refractivity contribution < 1.29 is 0 Å². The van der Waals surface area contributed by atoms with Gasteiger partial charge in [-0.05, 0) is 37.8 Å². The maximum Gasteiger partial charge on any atom is 0.142 e. The number of fused-ring (bicyclic) bond motifs is 1. The van der Waals surface area contributed by atoms with Crippen molar-refractivity contribution in [3.05, 3.63) is 5.56 Å². The molecular weight excluding hydrogens is 220 g/mol. The van der Waals surface area contributed by atoms with Crippen molar-refractivity contribution in [3.63, 3.8) is 0 Å². The van der Waals surface area contributed by atoms with Gasteiger partial charge in [0.25, 0.3) is 0 Å². The summed E-state index contributed by atoms with van der Waals surface area (Å²) in [5, 5.41) is 1.28. The quantitative estimate of drug-likeness (QED) is 0.801. The van der Waals surface area contributed by atoms with Gasteiger partial charge in [0, 0.05) is 31.2 Å². The summed E-state index contributed by atoms with van der Waals surface area (Å²) in [7, 11) is 0. The second kappa shape index (κ2) is 3.89. The third kappa shape index (κ3) is 1.58. The minimum atomic E-state index is 0.703. The highest BCUT2D eigenvalue weighted by Crippen LogP contribution is 2.32. The SMILES string of the molecule is Cc1c(N)nsc1N1CCN2CCCC2C1. The lowest BCUT2D eigenvalue weighted by atomic mass is 10.1. The fraction of sp³-hybridized carbons (Fsp3) is 0.727. The number of nitrogens with zero attached hydrogens (tertiary/aromatic N) is 3. The molecule has 3 rings (SSSR count). The zero-order chi connectivity index (χ0) is 11.1. The summed E-state index contributed by atoms with van der Waals surface area (Å²) in [4.78, 5) is 5.09. The van der Waals surface area contributed by atoms with Crippen molar-refractivity contribution in [1.29, 1.82) is 0 Å². The summed E-state index contributed by atoms with van der Waals surface area (Å²) < 4.78 is 4.24. The van der Waals surface area contributed by atoms with Crippen LogP contribution in [-0.4, -0.2) is 41.5 Å². The molecular formula is C11H18N4S. The number of nitrogens with two attached hydrogens (primary N) is 1. The average molecular weight is 238 g/mol. The monoisotopic (exact) mass is 238 g/mol. The molecule has 2 aliphatic heterocycles. The second-order valence-corrected chi connectivity index (χ2v) is 5.53. The van der Waals surface area contributed by atoms with E-state index in [2.05, 4.69) is 21.1 Å². The molecule has 0 saturated carbocycles. The number of aromatic nitrogens is 1. The molecule has 2 N–H and O–H groups in total. The minimum Gasteiger partial charge on any atom is -0.383 e. The Morgan fingerprint density at radius 2 is 2.25 bits per heavy atom. The smallest absolute Gasteiger partial charge is 0.142 e. The van der Waals surface area contributed by atoms with E-state index in [0.717, 1.165) is 24.7 Å². The van der Waals surface area contributed by atoms with Crippen molar-refractivity contribution >= 4 is 22.4 Å². The van der Waals surface area contributed by atoms with Gasteiger partial charge in [-0.25, -0.2) is 0 Å². The fourth-order valence-corrected chi connectivity index (χ4v) is 3.65. The van der Waals surface area contributed by atoms with E-state index in [4.69, 9.17) is 5.73 Å². The first kappa shape index (κ1) is 10.4. The van der Waals surface area contributed by atoms with Gasteiger partial charge < -0.3 is 10.6 Å². The molecule has 1 aromatic rings. The van der Waals surface area contributed by atoms with Crippen molar-refractivity contribution in [3.8, 4) is 0 Å². The molecule has 1 atom stereocenters. The molecule has 1 aromatic heterocycles. The molecule has 5 heteroatoms. The summed E-state index contributed by atoms with van der Waals surface area (Å²) in [5.74, 6) is 0.703. The van der Waals surface area contributed by atoms with Crippen molar-refractivity contribution in [1.82, 2.24) is 9.27 Å². The Hall–Kier alpha value is -0.810. The van der Waals surface area contributed by atoms with E-state index < -0.39 is 0 Å². The number of piperazine rings is 1. The van der Waals surface area contributed by atoms with Gasteiger partial charge in [-0.3, -0.25) is 4.90 Å². The fourth-order valence-electron chi connectivity index (χ4n) is 2.81. The third-order valence-electron chi connectivity index (χ3n) is 3.81. The van der Waals surface area contributed by atoms with Crippen molar-refractivity contribution in [2.75, 3.05) is 36.8 Å². The average Bonchev–Trinajstić information content (AvgIpc) is 2.86. The van der Waals surface area contributed by atoms with Crippen LogP contribution in [-0.2, 0) is 0 Å². The maximum absolute atomic E-state index is 5.82. The zero-order valence-corrected chi connectivity index (χ0v) is 10.5. The lowest BCUT2D eigenvalue weighted by molar-refractivity contribution is 0.231. The summed E-state index contributed by atoms with van der Waals surface area (Å²) >= 11 is 1.55. The molecule has 16 heavy (non-hydrogen) atoms. The van der Waals surface area contributed by atoms with Crippen LogP contribution in [0.4, 0.5) is 10.8 Å². The zero-order valence-electron chi connectivity index (χ0n) is 9.65. The number of rotatable bonds is 1. The van der Waals surface area contributed by atoms with Gasteiger partial charge in [-0.2, -0.15) is 4.37 Å². The first-order chi connectivity index (χ1) is 7.75. The van der Waals surface area contributed by atoms with Crippen LogP contribution >= 0.6 is 11.5 Å². The standard InChI is InChI=1S/C11H18N4S/c1-8-10(12)13-16-11(8)15-6-5-14-4-2-3-9(14)7-15/h9H,2-7H2,1H3,(H2,12,13). The van der Waals surface area contributed by atoms with Crippen LogP contribution in [0, 0.1) is 6.92 Å². The number of hydrogen-bond donors (Lipinski definition) is 1.